The highest BCUT2D eigenvalue weighted by atomic mass is 32.2. The molecule has 37 heavy (non-hydrogen) atoms. The van der Waals surface area contributed by atoms with Gasteiger partial charge in [-0.3, -0.25) is 19.8 Å². The zero-order chi connectivity index (χ0) is 26.6. The number of anilines is 1. The van der Waals surface area contributed by atoms with E-state index >= 15 is 0 Å². The SMILES string of the molecule is CCCN1CCc2c(sc(NC(=O)c3ccc(S(=O)(=O)N4CCOCC4)cc3)c2C(=O)NC(=O)OC)C1. The number of nitrogens with one attached hydrogen (secondary N) is 2. The van der Waals surface area contributed by atoms with Crippen LogP contribution in [0.5, 0.6) is 0 Å². The molecule has 0 unspecified atom stereocenters. The molecule has 0 atom stereocenters. The monoisotopic (exact) mass is 550 g/mol. The number of alkyl carbamates (subject to hydrolysis) is 1. The number of sulfonamides is 1. The van der Waals surface area contributed by atoms with Crippen molar-refractivity contribution in [2.75, 3.05) is 51.8 Å². The first kappa shape index (κ1) is 27.2. The second-order valence-electron chi connectivity index (χ2n) is 8.67. The number of carbonyl (C=O) groups excluding carboxylic acids is 3. The Morgan fingerprint density at radius 1 is 1.08 bits per heavy atom. The maximum absolute atomic E-state index is 13.1. The Balaban J connectivity index is 1.56. The van der Waals surface area contributed by atoms with Gasteiger partial charge in [-0.25, -0.2) is 13.2 Å². The van der Waals surface area contributed by atoms with Gasteiger partial charge in [-0.15, -0.1) is 11.3 Å². The molecule has 0 aliphatic carbocycles. The molecule has 0 saturated carbocycles. The topological polar surface area (TPSA) is 134 Å². The van der Waals surface area contributed by atoms with Gasteiger partial charge in [0.1, 0.15) is 5.00 Å². The summed E-state index contributed by atoms with van der Waals surface area (Å²) in [4.78, 5) is 41.1. The zero-order valence-electron chi connectivity index (χ0n) is 20.7. The first-order chi connectivity index (χ1) is 17.7. The van der Waals surface area contributed by atoms with Crippen molar-refractivity contribution in [1.29, 1.82) is 0 Å². The number of thiophene rings is 1. The number of fused-ring (bicyclic) bond motifs is 1. The van der Waals surface area contributed by atoms with Crippen LogP contribution in [-0.2, 0) is 32.5 Å². The molecule has 0 spiro atoms. The number of morpholine rings is 1. The average Bonchev–Trinajstić information content (AvgIpc) is 3.26. The van der Waals surface area contributed by atoms with E-state index in [1.54, 1.807) is 0 Å². The Bertz CT molecular complexity index is 1270. The fourth-order valence-electron chi connectivity index (χ4n) is 4.39. The van der Waals surface area contributed by atoms with Crippen LogP contribution in [-0.4, -0.2) is 82.0 Å². The number of carbonyl (C=O) groups is 3. The molecule has 0 radical (unpaired) electrons. The summed E-state index contributed by atoms with van der Waals surface area (Å²) in [5.74, 6) is -1.14. The van der Waals surface area contributed by atoms with Gasteiger partial charge in [0.15, 0.2) is 0 Å². The number of methoxy groups -OCH3 is 1. The van der Waals surface area contributed by atoms with Gasteiger partial charge in [0.2, 0.25) is 10.0 Å². The number of hydrogen-bond acceptors (Lipinski definition) is 9. The molecular weight excluding hydrogens is 520 g/mol. The van der Waals surface area contributed by atoms with Crippen molar-refractivity contribution in [3.8, 4) is 0 Å². The van der Waals surface area contributed by atoms with Crippen LogP contribution in [0.3, 0.4) is 0 Å². The third-order valence-electron chi connectivity index (χ3n) is 6.26. The molecule has 2 N–H and O–H groups in total. The number of rotatable bonds is 7. The van der Waals surface area contributed by atoms with Gasteiger partial charge in [-0.2, -0.15) is 4.31 Å². The molecule has 0 bridgehead atoms. The normalized spacial score (nSPS) is 16.6. The molecule has 2 aliphatic heterocycles. The van der Waals surface area contributed by atoms with Gasteiger partial charge in [0.05, 0.1) is 30.8 Å². The van der Waals surface area contributed by atoms with Gasteiger partial charge >= 0.3 is 6.09 Å². The first-order valence-corrected chi connectivity index (χ1v) is 14.3. The lowest BCUT2D eigenvalue weighted by molar-refractivity contribution is 0.0730. The van der Waals surface area contributed by atoms with Crippen molar-refractivity contribution in [1.82, 2.24) is 14.5 Å². The minimum absolute atomic E-state index is 0.0895. The van der Waals surface area contributed by atoms with E-state index in [0.717, 1.165) is 30.0 Å². The van der Waals surface area contributed by atoms with E-state index in [2.05, 4.69) is 27.2 Å². The fourth-order valence-corrected chi connectivity index (χ4v) is 7.08. The van der Waals surface area contributed by atoms with E-state index in [4.69, 9.17) is 4.74 Å². The first-order valence-electron chi connectivity index (χ1n) is 12.0. The highest BCUT2D eigenvalue weighted by Gasteiger charge is 2.30. The maximum Gasteiger partial charge on any atom is 0.413 e. The third kappa shape index (κ3) is 6.02. The van der Waals surface area contributed by atoms with E-state index in [9.17, 15) is 22.8 Å². The predicted octanol–water partition coefficient (Wildman–Crippen LogP) is 2.29. The van der Waals surface area contributed by atoms with Crippen LogP contribution < -0.4 is 10.6 Å². The standard InChI is InChI=1S/C24H30N4O7S2/c1-3-9-27-10-8-18-19(15-27)36-23(20(18)22(30)26-24(31)34-2)25-21(29)16-4-6-17(7-5-16)37(32,33)28-11-13-35-14-12-28/h4-7H,3,8-15H2,1-2H3,(H,25,29)(H,26,30,31). The molecule has 4 rings (SSSR count). The molecule has 200 valence electrons. The van der Waals surface area contributed by atoms with Crippen LogP contribution in [0.15, 0.2) is 29.2 Å². The van der Waals surface area contributed by atoms with Crippen LogP contribution in [0.25, 0.3) is 0 Å². The minimum Gasteiger partial charge on any atom is -0.453 e. The molecule has 11 nitrogen and oxygen atoms in total. The summed E-state index contributed by atoms with van der Waals surface area (Å²) in [6.07, 6.45) is 0.722. The van der Waals surface area contributed by atoms with Crippen molar-refractivity contribution >= 4 is 44.3 Å². The second kappa shape index (κ2) is 11.7. The van der Waals surface area contributed by atoms with E-state index in [1.165, 1.54) is 47.0 Å². The van der Waals surface area contributed by atoms with Crippen molar-refractivity contribution in [2.45, 2.75) is 31.2 Å². The Morgan fingerprint density at radius 3 is 2.43 bits per heavy atom. The van der Waals surface area contributed by atoms with E-state index < -0.39 is 27.9 Å². The van der Waals surface area contributed by atoms with Crippen molar-refractivity contribution < 1.29 is 32.3 Å². The maximum atomic E-state index is 13.1. The van der Waals surface area contributed by atoms with Gasteiger partial charge in [0.25, 0.3) is 11.8 Å². The molecule has 1 fully saturated rings. The molecular formula is C24H30N4O7S2. The number of imide groups is 1. The van der Waals surface area contributed by atoms with Gasteiger partial charge in [-0.1, -0.05) is 6.92 Å². The number of nitrogens with zero attached hydrogens (tertiary/aromatic N) is 2. The highest BCUT2D eigenvalue weighted by Crippen LogP contribution is 2.37. The lowest BCUT2D eigenvalue weighted by Gasteiger charge is -2.26. The minimum atomic E-state index is -3.69. The van der Waals surface area contributed by atoms with E-state index in [0.29, 0.717) is 31.2 Å². The Hall–Kier alpha value is -2.84. The summed E-state index contributed by atoms with van der Waals surface area (Å²) in [6, 6.07) is 5.67. The van der Waals surface area contributed by atoms with Crippen LogP contribution in [0.4, 0.5) is 9.80 Å². The summed E-state index contributed by atoms with van der Waals surface area (Å²) in [7, 11) is -2.52. The number of ether oxygens (including phenoxy) is 2. The summed E-state index contributed by atoms with van der Waals surface area (Å²) in [5.41, 5.74) is 1.29. The van der Waals surface area contributed by atoms with Crippen molar-refractivity contribution in [2.24, 2.45) is 0 Å². The highest BCUT2D eigenvalue weighted by molar-refractivity contribution is 7.89. The smallest absolute Gasteiger partial charge is 0.413 e. The lowest BCUT2D eigenvalue weighted by atomic mass is 10.0. The largest absolute Gasteiger partial charge is 0.453 e. The van der Waals surface area contributed by atoms with E-state index in [1.807, 2.05) is 0 Å². The van der Waals surface area contributed by atoms with Gasteiger partial charge in [0, 0.05) is 36.6 Å². The summed E-state index contributed by atoms with van der Waals surface area (Å²) < 4.78 is 36.9. The molecule has 2 aromatic rings. The molecule has 13 heteroatoms. The molecule has 1 saturated heterocycles. The third-order valence-corrected chi connectivity index (χ3v) is 9.30. The van der Waals surface area contributed by atoms with Crippen LogP contribution in [0.1, 0.15) is 44.5 Å². The number of amides is 3. The van der Waals surface area contributed by atoms with Gasteiger partial charge in [-0.05, 0) is 49.2 Å². The van der Waals surface area contributed by atoms with Crippen LogP contribution in [0.2, 0.25) is 0 Å². The average molecular weight is 551 g/mol. The summed E-state index contributed by atoms with van der Waals surface area (Å²) in [5, 5.41) is 5.32. The Labute approximate surface area is 219 Å². The predicted molar refractivity (Wildman–Crippen MR) is 137 cm³/mol. The molecule has 2 aliphatic rings. The molecule has 1 aromatic carbocycles. The molecule has 3 heterocycles. The van der Waals surface area contributed by atoms with Crippen LogP contribution >= 0.6 is 11.3 Å². The second-order valence-corrected chi connectivity index (χ2v) is 11.7. The number of benzene rings is 1. The fraction of sp³-hybridized carbons (Fsp3) is 0.458. The zero-order valence-corrected chi connectivity index (χ0v) is 22.4. The molecule has 1 aromatic heterocycles. The van der Waals surface area contributed by atoms with Gasteiger partial charge < -0.3 is 14.8 Å². The van der Waals surface area contributed by atoms with Crippen molar-refractivity contribution in [3.05, 3.63) is 45.8 Å². The lowest BCUT2D eigenvalue weighted by Crippen LogP contribution is -2.40. The Kier molecular flexibility index (Phi) is 8.60. The van der Waals surface area contributed by atoms with Crippen LogP contribution in [0, 0.1) is 0 Å². The molecule has 3 amide bonds. The summed E-state index contributed by atoms with van der Waals surface area (Å²) >= 11 is 1.30. The van der Waals surface area contributed by atoms with E-state index in [-0.39, 0.29) is 29.1 Å². The number of hydrogen-bond donors (Lipinski definition) is 2. The summed E-state index contributed by atoms with van der Waals surface area (Å²) in [6.45, 7) is 5.67. The quantitative estimate of drug-likeness (QED) is 0.536. The Morgan fingerprint density at radius 2 is 1.78 bits per heavy atom. The van der Waals surface area contributed by atoms with Crippen molar-refractivity contribution in [3.63, 3.8) is 0 Å².